The summed E-state index contributed by atoms with van der Waals surface area (Å²) in [7, 11) is 0. The molecule has 2 aromatic rings. The largest absolute Gasteiger partial charge is 0.457 e. The van der Waals surface area contributed by atoms with Gasteiger partial charge in [0.15, 0.2) is 0 Å². The van der Waals surface area contributed by atoms with Crippen LogP contribution in [0.15, 0.2) is 46.9 Å². The normalized spacial score (nSPS) is 18.5. The van der Waals surface area contributed by atoms with Gasteiger partial charge in [0, 0.05) is 16.0 Å². The summed E-state index contributed by atoms with van der Waals surface area (Å²) < 4.78 is 7.09. The highest BCUT2D eigenvalue weighted by molar-refractivity contribution is 9.10. The van der Waals surface area contributed by atoms with Gasteiger partial charge in [0.05, 0.1) is 0 Å². The van der Waals surface area contributed by atoms with Crippen molar-refractivity contribution in [3.63, 3.8) is 0 Å². The van der Waals surface area contributed by atoms with Gasteiger partial charge in [0.1, 0.15) is 11.5 Å². The summed E-state index contributed by atoms with van der Waals surface area (Å²) in [5.74, 6) is 2.22. The van der Waals surface area contributed by atoms with Crippen LogP contribution in [0.3, 0.4) is 0 Å². The van der Waals surface area contributed by atoms with E-state index in [2.05, 4.69) is 52.3 Å². The van der Waals surface area contributed by atoms with Crippen LogP contribution < -0.4 is 4.74 Å². The van der Waals surface area contributed by atoms with Gasteiger partial charge >= 0.3 is 0 Å². The molecule has 1 heterocycles. The van der Waals surface area contributed by atoms with E-state index >= 15 is 0 Å². The first-order valence-corrected chi connectivity index (χ1v) is 6.40. The lowest BCUT2D eigenvalue weighted by Gasteiger charge is -2.20. The number of rotatable bonds is 0. The van der Waals surface area contributed by atoms with Crippen LogP contribution in [0.5, 0.6) is 11.5 Å². The molecule has 82 valence electrons. The van der Waals surface area contributed by atoms with E-state index in [1.807, 2.05) is 12.1 Å². The smallest absolute Gasteiger partial charge is 0.135 e. The second-order valence-corrected chi connectivity index (χ2v) is 5.24. The van der Waals surface area contributed by atoms with E-state index in [9.17, 15) is 0 Å². The van der Waals surface area contributed by atoms with Crippen LogP contribution in [0.4, 0.5) is 0 Å². The summed E-state index contributed by atoms with van der Waals surface area (Å²) in [4.78, 5) is 0. The lowest BCUT2D eigenvalue weighted by molar-refractivity contribution is 0.478. The van der Waals surface area contributed by atoms with Crippen LogP contribution in [-0.2, 0) is 0 Å². The first-order chi connectivity index (χ1) is 8.33. The zero-order valence-electron chi connectivity index (χ0n) is 8.98. The molecule has 0 aromatic heterocycles. The molecule has 1 nitrogen and oxygen atoms in total. The highest BCUT2D eigenvalue weighted by Gasteiger charge is 2.26. The number of allylic oxidation sites excluding steroid dienone is 1. The van der Waals surface area contributed by atoms with E-state index in [0.717, 1.165) is 16.0 Å². The number of hydrogen-bond donors (Lipinski definition) is 0. The molecule has 0 saturated carbocycles. The van der Waals surface area contributed by atoms with Crippen molar-refractivity contribution in [2.45, 2.75) is 5.92 Å². The van der Waals surface area contributed by atoms with E-state index in [-0.39, 0.29) is 0 Å². The summed E-state index contributed by atoms with van der Waals surface area (Å²) in [6, 6.07) is 12.4. The topological polar surface area (TPSA) is 9.23 Å². The molecule has 0 spiro atoms. The molecule has 0 saturated heterocycles. The number of halogens is 1. The molecule has 1 aliphatic carbocycles. The minimum absolute atomic E-state index is 0.350. The molecule has 2 aliphatic rings. The molecule has 2 heteroatoms. The van der Waals surface area contributed by atoms with Gasteiger partial charge in [-0.15, -0.1) is 0 Å². The van der Waals surface area contributed by atoms with Crippen molar-refractivity contribution < 1.29 is 4.74 Å². The van der Waals surface area contributed by atoms with Gasteiger partial charge in [-0.1, -0.05) is 40.2 Å². The molecule has 4 rings (SSSR count). The van der Waals surface area contributed by atoms with Crippen molar-refractivity contribution in [3.05, 3.63) is 63.6 Å². The average Bonchev–Trinajstić information content (AvgIpc) is 2.79. The van der Waals surface area contributed by atoms with E-state index in [0.29, 0.717) is 5.92 Å². The van der Waals surface area contributed by atoms with Crippen molar-refractivity contribution in [3.8, 4) is 11.5 Å². The Morgan fingerprint density at radius 1 is 1.12 bits per heavy atom. The Kier molecular flexibility index (Phi) is 1.80. The Labute approximate surface area is 108 Å². The predicted molar refractivity (Wildman–Crippen MR) is 71.5 cm³/mol. The molecule has 2 aromatic carbocycles. The first kappa shape index (κ1) is 9.49. The van der Waals surface area contributed by atoms with Crippen LogP contribution in [0.2, 0.25) is 0 Å². The maximum atomic E-state index is 5.93. The van der Waals surface area contributed by atoms with Crippen molar-refractivity contribution in [1.82, 2.24) is 0 Å². The van der Waals surface area contributed by atoms with Crippen LogP contribution in [0, 0.1) is 0 Å². The van der Waals surface area contributed by atoms with Gasteiger partial charge in [0.25, 0.3) is 0 Å². The third-order valence-electron chi connectivity index (χ3n) is 3.41. The highest BCUT2D eigenvalue weighted by Crippen LogP contribution is 2.47. The lowest BCUT2D eigenvalue weighted by atomic mass is 9.92. The summed E-state index contributed by atoms with van der Waals surface area (Å²) in [5, 5.41) is 0. The highest BCUT2D eigenvalue weighted by atomic mass is 79.9. The van der Waals surface area contributed by atoms with Gasteiger partial charge in [0.2, 0.25) is 0 Å². The number of benzene rings is 2. The van der Waals surface area contributed by atoms with Crippen molar-refractivity contribution in [2.75, 3.05) is 0 Å². The van der Waals surface area contributed by atoms with Crippen molar-refractivity contribution in [1.29, 1.82) is 0 Å². The zero-order chi connectivity index (χ0) is 11.4. The molecule has 17 heavy (non-hydrogen) atoms. The van der Waals surface area contributed by atoms with Crippen LogP contribution >= 0.6 is 15.9 Å². The third-order valence-corrected chi connectivity index (χ3v) is 4.10. The van der Waals surface area contributed by atoms with E-state index in [4.69, 9.17) is 4.74 Å². The number of hydrogen-bond acceptors (Lipinski definition) is 1. The van der Waals surface area contributed by atoms with E-state index in [1.165, 1.54) is 16.7 Å². The van der Waals surface area contributed by atoms with Gasteiger partial charge in [-0.3, -0.25) is 0 Å². The summed E-state index contributed by atoms with van der Waals surface area (Å²) in [5.41, 5.74) is 3.81. The second-order valence-electron chi connectivity index (χ2n) is 4.38. The SMILES string of the molecule is Brc1ccc2c3c1C(C=C3)c1cccc(c1)O2. The van der Waals surface area contributed by atoms with Crippen molar-refractivity contribution >= 4 is 22.0 Å². The minimum Gasteiger partial charge on any atom is -0.457 e. The predicted octanol–water partition coefficient (Wildman–Crippen LogP) is 4.71. The first-order valence-electron chi connectivity index (χ1n) is 5.61. The fourth-order valence-electron chi connectivity index (χ4n) is 2.63. The Balaban J connectivity index is 2.10. The second kappa shape index (κ2) is 3.23. The van der Waals surface area contributed by atoms with Gasteiger partial charge in [-0.25, -0.2) is 0 Å². The molecule has 1 aliphatic heterocycles. The fourth-order valence-corrected chi connectivity index (χ4v) is 3.22. The lowest BCUT2D eigenvalue weighted by Crippen LogP contribution is -2.01. The monoisotopic (exact) mass is 284 g/mol. The van der Waals surface area contributed by atoms with E-state index in [1.54, 1.807) is 0 Å². The molecule has 0 radical (unpaired) electrons. The maximum Gasteiger partial charge on any atom is 0.135 e. The number of fused-ring (bicyclic) bond motifs is 3. The Morgan fingerprint density at radius 3 is 3.00 bits per heavy atom. The van der Waals surface area contributed by atoms with Crippen molar-refractivity contribution in [2.24, 2.45) is 0 Å². The molecular weight excluding hydrogens is 276 g/mol. The third kappa shape index (κ3) is 1.25. The Bertz CT molecular complexity index is 658. The molecular formula is C15H9BrO. The summed E-state index contributed by atoms with van der Waals surface area (Å²) in [6.45, 7) is 0. The Morgan fingerprint density at radius 2 is 2.06 bits per heavy atom. The van der Waals surface area contributed by atoms with Crippen LogP contribution in [-0.4, -0.2) is 0 Å². The van der Waals surface area contributed by atoms with Crippen LogP contribution in [0.25, 0.3) is 6.08 Å². The fraction of sp³-hybridized carbons (Fsp3) is 0.0667. The van der Waals surface area contributed by atoms with Crippen LogP contribution in [0.1, 0.15) is 22.6 Å². The number of ether oxygens (including phenoxy) is 1. The van der Waals surface area contributed by atoms with Gasteiger partial charge < -0.3 is 4.74 Å². The van der Waals surface area contributed by atoms with Gasteiger partial charge in [-0.05, 0) is 35.4 Å². The summed E-state index contributed by atoms with van der Waals surface area (Å²) >= 11 is 3.64. The summed E-state index contributed by atoms with van der Waals surface area (Å²) in [6.07, 6.45) is 4.41. The molecule has 1 unspecified atom stereocenters. The minimum atomic E-state index is 0.350. The molecule has 0 amide bonds. The molecule has 1 atom stereocenters. The maximum absolute atomic E-state index is 5.93. The van der Waals surface area contributed by atoms with Gasteiger partial charge in [-0.2, -0.15) is 0 Å². The zero-order valence-corrected chi connectivity index (χ0v) is 10.6. The molecule has 6 bridgehead atoms. The quantitative estimate of drug-likeness (QED) is 0.681. The molecule has 0 N–H and O–H groups in total. The molecule has 0 fully saturated rings. The van der Waals surface area contributed by atoms with E-state index < -0.39 is 0 Å². The Hall–Kier alpha value is -1.54. The standard InChI is InChI=1S/C15H9BrO/c16-13-6-7-14-12-5-4-11(15(12)13)9-2-1-3-10(8-9)17-14/h1-8,11H. The average molecular weight is 285 g/mol.